The summed E-state index contributed by atoms with van der Waals surface area (Å²) in [5, 5.41) is 0. The highest BCUT2D eigenvalue weighted by Gasteiger charge is 2.11. The van der Waals surface area contributed by atoms with Crippen LogP contribution in [0, 0.1) is 0 Å². The van der Waals surface area contributed by atoms with Gasteiger partial charge in [-0.15, -0.1) is 0 Å². The molecule has 0 radical (unpaired) electrons. The number of hydrogen-bond acceptors (Lipinski definition) is 3. The Morgan fingerprint density at radius 3 is 2.78 bits per heavy atom. The molecule has 0 aliphatic carbocycles. The molecule has 0 fully saturated rings. The summed E-state index contributed by atoms with van der Waals surface area (Å²) >= 11 is 4.90. The van der Waals surface area contributed by atoms with Crippen molar-refractivity contribution < 1.29 is 0 Å². The second-order valence-corrected chi connectivity index (χ2v) is 6.08. The van der Waals surface area contributed by atoms with Crippen LogP contribution in [0.5, 0.6) is 0 Å². The summed E-state index contributed by atoms with van der Waals surface area (Å²) in [6.45, 7) is 3.45. The summed E-state index contributed by atoms with van der Waals surface area (Å²) in [5.41, 5.74) is 2.20. The van der Waals surface area contributed by atoms with Crippen molar-refractivity contribution >= 4 is 32.8 Å². The van der Waals surface area contributed by atoms with Gasteiger partial charge in [0, 0.05) is 11.0 Å². The van der Waals surface area contributed by atoms with Crippen LogP contribution in [0.15, 0.2) is 38.5 Å². The Balaban J connectivity index is 2.27. The summed E-state index contributed by atoms with van der Waals surface area (Å²) in [5.74, 6) is 0. The maximum Gasteiger partial charge on any atom is 0.270 e. The Kier molecular flexibility index (Phi) is 2.95. The highest BCUT2D eigenvalue weighted by atomic mass is 79.9. The Labute approximate surface area is 116 Å². The molecule has 1 aromatic heterocycles. The van der Waals surface area contributed by atoms with Gasteiger partial charge >= 0.3 is 0 Å². The monoisotopic (exact) mass is 322 g/mol. The minimum Gasteiger partial charge on any atom is -0.282 e. The van der Waals surface area contributed by atoms with E-state index in [2.05, 4.69) is 20.9 Å². The molecule has 2 heterocycles. The molecule has 0 spiro atoms. The molecule has 1 aliphatic heterocycles. The van der Waals surface area contributed by atoms with Crippen LogP contribution in [0.3, 0.4) is 0 Å². The molecular formula is C13H11BrN2OS. The van der Waals surface area contributed by atoms with E-state index in [0.29, 0.717) is 0 Å². The van der Waals surface area contributed by atoms with E-state index in [-0.39, 0.29) is 5.56 Å². The Hall–Kier alpha value is -1.20. The van der Waals surface area contributed by atoms with Crippen molar-refractivity contribution in [2.45, 2.75) is 13.5 Å². The Bertz CT molecular complexity index is 771. The lowest BCUT2D eigenvalue weighted by atomic mass is 10.1. The molecule has 5 heteroatoms. The molecule has 0 saturated carbocycles. The van der Waals surface area contributed by atoms with E-state index >= 15 is 0 Å². The minimum atomic E-state index is 0.0941. The SMILES string of the molecule is C/C(c1ccc(Br)cc1)=c1/sc2n(c1=O)CCN=2. The standard InChI is InChI=1S/C13H11BrN2OS/c1-8(9-2-4-10(14)5-3-9)11-12(17)16-7-6-15-13(16)18-11/h2-5H,6-7H2,1H3/b11-8-. The summed E-state index contributed by atoms with van der Waals surface area (Å²) in [7, 11) is 0. The predicted molar refractivity (Wildman–Crippen MR) is 76.6 cm³/mol. The van der Waals surface area contributed by atoms with Gasteiger partial charge in [0.1, 0.15) is 0 Å². The third-order valence-electron chi connectivity index (χ3n) is 3.05. The molecule has 1 aliphatic rings. The van der Waals surface area contributed by atoms with Gasteiger partial charge in [0.05, 0.1) is 11.1 Å². The predicted octanol–water partition coefficient (Wildman–Crippen LogP) is 1.52. The maximum absolute atomic E-state index is 12.2. The second kappa shape index (κ2) is 4.48. The van der Waals surface area contributed by atoms with Gasteiger partial charge in [-0.1, -0.05) is 39.4 Å². The maximum atomic E-state index is 12.2. The fourth-order valence-corrected chi connectivity index (χ4v) is 3.38. The van der Waals surface area contributed by atoms with Crippen LogP contribution < -0.4 is 14.9 Å². The topological polar surface area (TPSA) is 34.4 Å². The largest absolute Gasteiger partial charge is 0.282 e. The Morgan fingerprint density at radius 1 is 1.39 bits per heavy atom. The smallest absolute Gasteiger partial charge is 0.270 e. The van der Waals surface area contributed by atoms with Gasteiger partial charge in [-0.25, -0.2) is 0 Å². The van der Waals surface area contributed by atoms with Crippen LogP contribution in [0.2, 0.25) is 0 Å². The number of thiazole rings is 1. The van der Waals surface area contributed by atoms with Crippen LogP contribution in [0.4, 0.5) is 0 Å². The van der Waals surface area contributed by atoms with Gasteiger partial charge in [0.25, 0.3) is 5.56 Å². The van der Waals surface area contributed by atoms with Gasteiger partial charge < -0.3 is 0 Å². The first-order valence-corrected chi connectivity index (χ1v) is 7.29. The zero-order valence-corrected chi connectivity index (χ0v) is 12.2. The number of aromatic nitrogens is 1. The molecule has 3 rings (SSSR count). The highest BCUT2D eigenvalue weighted by Crippen LogP contribution is 2.15. The van der Waals surface area contributed by atoms with E-state index in [1.807, 2.05) is 31.2 Å². The molecular weight excluding hydrogens is 312 g/mol. The van der Waals surface area contributed by atoms with Crippen LogP contribution in [-0.4, -0.2) is 11.1 Å². The van der Waals surface area contributed by atoms with Gasteiger partial charge in [0.15, 0.2) is 4.80 Å². The average molecular weight is 323 g/mol. The van der Waals surface area contributed by atoms with Gasteiger partial charge in [-0.3, -0.25) is 14.4 Å². The van der Waals surface area contributed by atoms with Gasteiger partial charge in [-0.05, 0) is 30.2 Å². The fraction of sp³-hybridized carbons (Fsp3) is 0.231. The van der Waals surface area contributed by atoms with Crippen LogP contribution >= 0.6 is 27.3 Å². The molecule has 18 heavy (non-hydrogen) atoms. The van der Waals surface area contributed by atoms with Crippen LogP contribution in [-0.2, 0) is 6.54 Å². The zero-order valence-electron chi connectivity index (χ0n) is 9.81. The first-order valence-electron chi connectivity index (χ1n) is 5.68. The molecule has 0 atom stereocenters. The molecule has 1 aromatic carbocycles. The van der Waals surface area contributed by atoms with Crippen molar-refractivity contribution in [1.29, 1.82) is 0 Å². The summed E-state index contributed by atoms with van der Waals surface area (Å²) in [6, 6.07) is 8.02. The summed E-state index contributed by atoms with van der Waals surface area (Å²) in [4.78, 5) is 17.4. The third kappa shape index (κ3) is 1.87. The number of benzene rings is 1. The molecule has 92 valence electrons. The zero-order chi connectivity index (χ0) is 12.7. The third-order valence-corrected chi connectivity index (χ3v) is 4.80. The molecule has 0 bridgehead atoms. The van der Waals surface area contributed by atoms with E-state index < -0.39 is 0 Å². The van der Waals surface area contributed by atoms with E-state index in [1.165, 1.54) is 11.3 Å². The number of nitrogens with zero attached hydrogens (tertiary/aromatic N) is 2. The van der Waals surface area contributed by atoms with E-state index in [4.69, 9.17) is 0 Å². The van der Waals surface area contributed by atoms with Crippen molar-refractivity contribution in [3.8, 4) is 0 Å². The Morgan fingerprint density at radius 2 is 2.11 bits per heavy atom. The van der Waals surface area contributed by atoms with Gasteiger partial charge in [0.2, 0.25) is 0 Å². The number of fused-ring (bicyclic) bond motifs is 1. The first-order chi connectivity index (χ1) is 8.66. The van der Waals surface area contributed by atoms with Crippen molar-refractivity contribution in [1.82, 2.24) is 4.57 Å². The molecule has 3 nitrogen and oxygen atoms in total. The molecule has 0 N–H and O–H groups in total. The van der Waals surface area contributed by atoms with Crippen LogP contribution in [0.25, 0.3) is 5.57 Å². The lowest BCUT2D eigenvalue weighted by Crippen LogP contribution is -2.30. The van der Waals surface area contributed by atoms with E-state index in [9.17, 15) is 4.79 Å². The van der Waals surface area contributed by atoms with Crippen LogP contribution in [0.1, 0.15) is 12.5 Å². The number of halogens is 1. The first kappa shape index (κ1) is 11.9. The highest BCUT2D eigenvalue weighted by molar-refractivity contribution is 9.10. The normalized spacial score (nSPS) is 15.2. The number of rotatable bonds is 1. The lowest BCUT2D eigenvalue weighted by molar-refractivity contribution is 0.740. The van der Waals surface area contributed by atoms with Crippen molar-refractivity contribution in [3.05, 3.63) is 54.0 Å². The van der Waals surface area contributed by atoms with E-state index in [0.717, 1.165) is 38.0 Å². The van der Waals surface area contributed by atoms with Crippen molar-refractivity contribution in [2.24, 2.45) is 4.99 Å². The second-order valence-electron chi connectivity index (χ2n) is 4.18. The number of hydrogen-bond donors (Lipinski definition) is 0. The molecule has 2 aromatic rings. The fourth-order valence-electron chi connectivity index (χ4n) is 2.03. The summed E-state index contributed by atoms with van der Waals surface area (Å²) < 4.78 is 3.61. The summed E-state index contributed by atoms with van der Waals surface area (Å²) in [6.07, 6.45) is 0. The molecule has 0 amide bonds. The molecule has 0 unspecified atom stereocenters. The van der Waals surface area contributed by atoms with Crippen molar-refractivity contribution in [3.63, 3.8) is 0 Å². The average Bonchev–Trinajstić information content (AvgIpc) is 2.93. The van der Waals surface area contributed by atoms with E-state index in [1.54, 1.807) is 4.57 Å². The van der Waals surface area contributed by atoms with Crippen molar-refractivity contribution in [2.75, 3.05) is 6.54 Å². The van der Waals surface area contributed by atoms with Gasteiger partial charge in [-0.2, -0.15) is 0 Å². The quantitative estimate of drug-likeness (QED) is 0.784. The lowest BCUT2D eigenvalue weighted by Gasteiger charge is -1.99. The minimum absolute atomic E-state index is 0.0941. The molecule has 0 saturated heterocycles.